The molecule has 20 heavy (non-hydrogen) atoms. The Morgan fingerprint density at radius 3 is 2.65 bits per heavy atom. The summed E-state index contributed by atoms with van der Waals surface area (Å²) in [5, 5.41) is 3.40. The Balaban J connectivity index is 3.14. The summed E-state index contributed by atoms with van der Waals surface area (Å²) in [5.74, 6) is 2.38. The van der Waals surface area contributed by atoms with E-state index in [1.54, 1.807) is 19.2 Å². The molecule has 0 radical (unpaired) electrons. The Bertz CT molecular complexity index is 594. The summed E-state index contributed by atoms with van der Waals surface area (Å²) in [6.45, 7) is 2.94. The minimum absolute atomic E-state index is 0.0616. The smallest absolute Gasteiger partial charge is 0.243 e. The van der Waals surface area contributed by atoms with Crippen LogP contribution in [0, 0.1) is 12.3 Å². The predicted molar refractivity (Wildman–Crippen MR) is 82.1 cm³/mol. The second kappa shape index (κ2) is 7.65. The largest absolute Gasteiger partial charge is 0.316 e. The van der Waals surface area contributed by atoms with Crippen molar-refractivity contribution in [3.05, 3.63) is 28.8 Å². The van der Waals surface area contributed by atoms with Gasteiger partial charge in [-0.15, -0.1) is 6.42 Å². The Morgan fingerprint density at radius 1 is 1.45 bits per heavy atom. The van der Waals surface area contributed by atoms with Gasteiger partial charge >= 0.3 is 0 Å². The predicted octanol–water partition coefficient (Wildman–Crippen LogP) is 2.09. The maximum Gasteiger partial charge on any atom is 0.243 e. The molecular formula is C14H19ClN2O2S. The molecule has 0 aliphatic rings. The van der Waals surface area contributed by atoms with E-state index in [4.69, 9.17) is 18.0 Å². The van der Waals surface area contributed by atoms with Gasteiger partial charge in [-0.2, -0.15) is 4.31 Å². The Kier molecular flexibility index (Phi) is 6.50. The number of hydrogen-bond acceptors (Lipinski definition) is 3. The molecule has 1 N–H and O–H groups in total. The van der Waals surface area contributed by atoms with Gasteiger partial charge in [0.1, 0.15) is 0 Å². The van der Waals surface area contributed by atoms with Gasteiger partial charge in [-0.05, 0) is 31.2 Å². The van der Waals surface area contributed by atoms with Crippen LogP contribution >= 0.6 is 11.6 Å². The fourth-order valence-corrected chi connectivity index (χ4v) is 3.59. The minimum Gasteiger partial charge on any atom is -0.316 e. The Hall–Kier alpha value is -1.06. The van der Waals surface area contributed by atoms with Crippen molar-refractivity contribution in [3.8, 4) is 12.3 Å². The first-order chi connectivity index (χ1) is 9.47. The lowest BCUT2D eigenvalue weighted by atomic mass is 10.2. The van der Waals surface area contributed by atoms with Crippen molar-refractivity contribution < 1.29 is 8.42 Å². The molecule has 0 unspecified atom stereocenters. The average Bonchev–Trinajstić information content (AvgIpc) is 2.41. The van der Waals surface area contributed by atoms with Gasteiger partial charge in [0.25, 0.3) is 0 Å². The second-order valence-electron chi connectivity index (χ2n) is 4.33. The van der Waals surface area contributed by atoms with E-state index in [-0.39, 0.29) is 11.4 Å². The molecule has 1 rings (SSSR count). The third-order valence-corrected chi connectivity index (χ3v) is 4.96. The third kappa shape index (κ3) is 3.97. The standard InChI is InChI=1S/C14H19ClN2O2S/c1-4-8-17(9-5-2)20(18,19)13-7-6-12(11-16-3)14(15)10-13/h1,6-7,10,16H,5,8-9,11H2,2-3H3. The summed E-state index contributed by atoms with van der Waals surface area (Å²) in [4.78, 5) is 0.172. The molecule has 1 aromatic rings. The van der Waals surface area contributed by atoms with E-state index in [2.05, 4.69) is 11.2 Å². The van der Waals surface area contributed by atoms with Crippen molar-refractivity contribution in [2.24, 2.45) is 0 Å². The van der Waals surface area contributed by atoms with Gasteiger partial charge in [-0.25, -0.2) is 8.42 Å². The van der Waals surface area contributed by atoms with Gasteiger partial charge in [-0.1, -0.05) is 30.5 Å². The van der Waals surface area contributed by atoms with Crippen LogP contribution in [0.15, 0.2) is 23.1 Å². The van der Waals surface area contributed by atoms with Crippen LogP contribution in [-0.4, -0.2) is 32.9 Å². The summed E-state index contributed by atoms with van der Waals surface area (Å²) in [7, 11) is -1.79. The second-order valence-corrected chi connectivity index (χ2v) is 6.67. The Labute approximate surface area is 126 Å². The van der Waals surface area contributed by atoms with Crippen LogP contribution in [0.1, 0.15) is 18.9 Å². The van der Waals surface area contributed by atoms with Crippen LogP contribution in [0.2, 0.25) is 5.02 Å². The van der Waals surface area contributed by atoms with E-state index in [9.17, 15) is 8.42 Å². The highest BCUT2D eigenvalue weighted by atomic mass is 35.5. The van der Waals surface area contributed by atoms with Crippen molar-refractivity contribution in [1.82, 2.24) is 9.62 Å². The summed E-state index contributed by atoms with van der Waals surface area (Å²) in [6.07, 6.45) is 5.94. The third-order valence-electron chi connectivity index (χ3n) is 2.77. The molecule has 4 nitrogen and oxygen atoms in total. The number of halogens is 1. The molecule has 0 fully saturated rings. The number of terminal acetylenes is 1. The first kappa shape index (κ1) is 17.0. The first-order valence-corrected chi connectivity index (χ1v) is 8.15. The van der Waals surface area contributed by atoms with Gasteiger partial charge < -0.3 is 5.32 Å². The molecule has 0 bridgehead atoms. The number of nitrogens with zero attached hydrogens (tertiary/aromatic N) is 1. The van der Waals surface area contributed by atoms with E-state index in [0.717, 1.165) is 5.56 Å². The molecular weight excluding hydrogens is 296 g/mol. The summed E-state index contributed by atoms with van der Waals surface area (Å²) >= 11 is 6.11. The van der Waals surface area contributed by atoms with Crippen LogP contribution in [0.3, 0.4) is 0 Å². The molecule has 1 aromatic carbocycles. The van der Waals surface area contributed by atoms with Crippen LogP contribution in [0.5, 0.6) is 0 Å². The van der Waals surface area contributed by atoms with Crippen LogP contribution in [-0.2, 0) is 16.6 Å². The van der Waals surface area contributed by atoms with Gasteiger partial charge in [-0.3, -0.25) is 0 Å². The number of nitrogens with one attached hydrogen (secondary N) is 1. The zero-order valence-corrected chi connectivity index (χ0v) is 13.3. The summed E-state index contributed by atoms with van der Waals surface area (Å²) in [6, 6.07) is 4.75. The van der Waals surface area contributed by atoms with E-state index in [1.807, 2.05) is 6.92 Å². The fourth-order valence-electron chi connectivity index (χ4n) is 1.81. The van der Waals surface area contributed by atoms with Gasteiger partial charge in [0, 0.05) is 18.1 Å². The van der Waals surface area contributed by atoms with Crippen molar-refractivity contribution in [2.75, 3.05) is 20.1 Å². The highest BCUT2D eigenvalue weighted by Gasteiger charge is 2.23. The van der Waals surface area contributed by atoms with E-state index >= 15 is 0 Å². The average molecular weight is 315 g/mol. The normalized spacial score (nSPS) is 11.6. The lowest BCUT2D eigenvalue weighted by Gasteiger charge is -2.19. The molecule has 6 heteroatoms. The lowest BCUT2D eigenvalue weighted by molar-refractivity contribution is 0.445. The molecule has 0 spiro atoms. The highest BCUT2D eigenvalue weighted by Crippen LogP contribution is 2.23. The van der Waals surface area contributed by atoms with Crippen LogP contribution in [0.4, 0.5) is 0 Å². The molecule has 0 heterocycles. The topological polar surface area (TPSA) is 49.4 Å². The van der Waals surface area contributed by atoms with Crippen LogP contribution < -0.4 is 5.32 Å². The number of benzene rings is 1. The summed E-state index contributed by atoms with van der Waals surface area (Å²) in [5.41, 5.74) is 0.854. The van der Waals surface area contributed by atoms with Gasteiger partial charge in [0.15, 0.2) is 0 Å². The van der Waals surface area contributed by atoms with Crippen molar-refractivity contribution in [3.63, 3.8) is 0 Å². The zero-order valence-electron chi connectivity index (χ0n) is 11.7. The molecule has 0 atom stereocenters. The highest BCUT2D eigenvalue weighted by molar-refractivity contribution is 7.89. The minimum atomic E-state index is -3.59. The van der Waals surface area contributed by atoms with Crippen molar-refractivity contribution >= 4 is 21.6 Å². The Morgan fingerprint density at radius 2 is 2.15 bits per heavy atom. The maximum absolute atomic E-state index is 12.5. The quantitative estimate of drug-likeness (QED) is 0.784. The number of hydrogen-bond donors (Lipinski definition) is 1. The molecule has 0 aliphatic heterocycles. The van der Waals surface area contributed by atoms with Crippen LogP contribution in [0.25, 0.3) is 0 Å². The van der Waals surface area contributed by atoms with E-state index in [0.29, 0.717) is 24.5 Å². The van der Waals surface area contributed by atoms with E-state index < -0.39 is 10.0 Å². The maximum atomic E-state index is 12.5. The molecule has 0 amide bonds. The SMILES string of the molecule is C#CCN(CCC)S(=O)(=O)c1ccc(CNC)c(Cl)c1. The molecule has 0 aromatic heterocycles. The first-order valence-electron chi connectivity index (χ1n) is 6.34. The lowest BCUT2D eigenvalue weighted by Crippen LogP contribution is -2.32. The summed E-state index contributed by atoms with van der Waals surface area (Å²) < 4.78 is 26.3. The van der Waals surface area contributed by atoms with Crippen molar-refractivity contribution in [2.45, 2.75) is 24.8 Å². The fraction of sp³-hybridized carbons (Fsp3) is 0.429. The van der Waals surface area contributed by atoms with Crippen molar-refractivity contribution in [1.29, 1.82) is 0 Å². The molecule has 110 valence electrons. The number of sulfonamides is 1. The molecule has 0 aliphatic carbocycles. The van der Waals surface area contributed by atoms with Gasteiger partial charge in [0.05, 0.1) is 11.4 Å². The monoisotopic (exact) mass is 314 g/mol. The van der Waals surface area contributed by atoms with Gasteiger partial charge in [0.2, 0.25) is 10.0 Å². The molecule has 0 saturated heterocycles. The zero-order chi connectivity index (χ0) is 15.2. The number of rotatable bonds is 7. The molecule has 0 saturated carbocycles. The van der Waals surface area contributed by atoms with E-state index in [1.165, 1.54) is 10.4 Å².